The number of rotatable bonds is 4. The molecule has 0 unspecified atom stereocenters. The molecule has 0 bridgehead atoms. The number of fused-ring (bicyclic) bond motifs is 2. The van der Waals surface area contributed by atoms with E-state index >= 15 is 0 Å². The summed E-state index contributed by atoms with van der Waals surface area (Å²) in [7, 11) is 0. The zero-order valence-corrected chi connectivity index (χ0v) is 12.7. The van der Waals surface area contributed by atoms with E-state index < -0.39 is 0 Å². The van der Waals surface area contributed by atoms with Crippen LogP contribution in [0.1, 0.15) is 38.4 Å². The standard InChI is InChI=1S/C18H17N3O2/c22-17-13-5-1-2-6-14(13)18(23)21(17)11-3-4-12-7-9-19-15-8-10-20-16(12)15/h1-2,5-7,9,20H,3-4,8,10-11H2. The number of carbonyl (C=O) groups excluding carboxylic acids is 2. The van der Waals surface area contributed by atoms with Crippen molar-refractivity contribution in [3.8, 4) is 0 Å². The molecule has 0 saturated carbocycles. The second-order valence-electron chi connectivity index (χ2n) is 5.88. The SMILES string of the molecule is O=C1c2ccccc2C(=O)N1CCCc1ccnc2c1NCC2. The predicted octanol–water partition coefficient (Wildman–Crippen LogP) is 2.28. The minimum Gasteiger partial charge on any atom is -0.383 e. The third-order valence-corrected chi connectivity index (χ3v) is 4.49. The quantitative estimate of drug-likeness (QED) is 0.880. The number of amides is 2. The summed E-state index contributed by atoms with van der Waals surface area (Å²) in [6.07, 6.45) is 4.37. The molecule has 0 aliphatic carbocycles. The highest BCUT2D eigenvalue weighted by Crippen LogP contribution is 2.26. The molecule has 5 heteroatoms. The average molecular weight is 307 g/mol. The maximum atomic E-state index is 12.3. The van der Waals surface area contributed by atoms with Gasteiger partial charge in [0.2, 0.25) is 0 Å². The van der Waals surface area contributed by atoms with E-state index in [0.717, 1.165) is 37.2 Å². The Morgan fingerprint density at radius 1 is 1.09 bits per heavy atom. The molecule has 1 N–H and O–H groups in total. The van der Waals surface area contributed by atoms with Gasteiger partial charge in [-0.05, 0) is 36.6 Å². The highest BCUT2D eigenvalue weighted by molar-refractivity contribution is 6.21. The lowest BCUT2D eigenvalue weighted by atomic mass is 10.1. The molecule has 0 radical (unpaired) electrons. The van der Waals surface area contributed by atoms with Gasteiger partial charge in [-0.2, -0.15) is 0 Å². The third-order valence-electron chi connectivity index (χ3n) is 4.49. The molecule has 0 fully saturated rings. The van der Waals surface area contributed by atoms with Crippen molar-refractivity contribution in [2.24, 2.45) is 0 Å². The lowest BCUT2D eigenvalue weighted by molar-refractivity contribution is 0.0652. The van der Waals surface area contributed by atoms with E-state index in [0.29, 0.717) is 17.7 Å². The second-order valence-corrected chi connectivity index (χ2v) is 5.88. The van der Waals surface area contributed by atoms with Gasteiger partial charge >= 0.3 is 0 Å². The van der Waals surface area contributed by atoms with Crippen LogP contribution in [0, 0.1) is 0 Å². The first kappa shape index (κ1) is 13.9. The fourth-order valence-corrected chi connectivity index (χ4v) is 3.34. The zero-order chi connectivity index (χ0) is 15.8. The van der Waals surface area contributed by atoms with Crippen molar-refractivity contribution in [1.29, 1.82) is 0 Å². The molecule has 116 valence electrons. The van der Waals surface area contributed by atoms with Gasteiger partial charge in [0.05, 0.1) is 22.5 Å². The van der Waals surface area contributed by atoms with E-state index in [2.05, 4.69) is 10.3 Å². The van der Waals surface area contributed by atoms with Crippen LogP contribution in [0.4, 0.5) is 5.69 Å². The van der Waals surface area contributed by atoms with Crippen LogP contribution < -0.4 is 5.32 Å². The minimum atomic E-state index is -0.177. The molecule has 1 aromatic heterocycles. The Balaban J connectivity index is 1.44. The Kier molecular flexibility index (Phi) is 3.33. The number of aromatic nitrogens is 1. The lowest BCUT2D eigenvalue weighted by Gasteiger charge is -2.14. The number of benzene rings is 1. The third kappa shape index (κ3) is 2.29. The normalized spacial score (nSPS) is 15.6. The van der Waals surface area contributed by atoms with Crippen molar-refractivity contribution < 1.29 is 9.59 Å². The molecular formula is C18H17N3O2. The van der Waals surface area contributed by atoms with Gasteiger partial charge in [0, 0.05) is 25.7 Å². The molecule has 2 aliphatic rings. The summed E-state index contributed by atoms with van der Waals surface area (Å²) in [5, 5.41) is 3.37. The summed E-state index contributed by atoms with van der Waals surface area (Å²) < 4.78 is 0. The molecule has 2 aromatic rings. The van der Waals surface area contributed by atoms with Gasteiger partial charge in [-0.3, -0.25) is 19.5 Å². The van der Waals surface area contributed by atoms with Crippen LogP contribution in [0.3, 0.4) is 0 Å². The van der Waals surface area contributed by atoms with Gasteiger partial charge in [0.1, 0.15) is 0 Å². The first-order valence-corrected chi connectivity index (χ1v) is 7.91. The van der Waals surface area contributed by atoms with E-state index in [1.54, 1.807) is 24.3 Å². The molecule has 1 aromatic carbocycles. The molecule has 4 rings (SSSR count). The Labute approximate surface area is 134 Å². The van der Waals surface area contributed by atoms with E-state index in [9.17, 15) is 9.59 Å². The van der Waals surface area contributed by atoms with Crippen molar-refractivity contribution in [3.63, 3.8) is 0 Å². The lowest BCUT2D eigenvalue weighted by Crippen LogP contribution is -2.31. The summed E-state index contributed by atoms with van der Waals surface area (Å²) in [5.74, 6) is -0.354. The van der Waals surface area contributed by atoms with E-state index in [4.69, 9.17) is 0 Å². The molecule has 2 amide bonds. The molecule has 0 atom stereocenters. The summed E-state index contributed by atoms with van der Waals surface area (Å²) in [4.78, 5) is 30.4. The van der Waals surface area contributed by atoms with E-state index in [-0.39, 0.29) is 11.8 Å². The van der Waals surface area contributed by atoms with Crippen LogP contribution in [0.2, 0.25) is 0 Å². The number of anilines is 1. The number of nitrogens with zero attached hydrogens (tertiary/aromatic N) is 2. The molecular weight excluding hydrogens is 290 g/mol. The molecule has 2 aliphatic heterocycles. The summed E-state index contributed by atoms with van der Waals surface area (Å²) >= 11 is 0. The Morgan fingerprint density at radius 2 is 1.83 bits per heavy atom. The van der Waals surface area contributed by atoms with Crippen molar-refractivity contribution in [2.75, 3.05) is 18.4 Å². The van der Waals surface area contributed by atoms with Gasteiger partial charge in [-0.25, -0.2) is 0 Å². The van der Waals surface area contributed by atoms with E-state index in [1.165, 1.54) is 10.5 Å². The number of nitrogens with one attached hydrogen (secondary N) is 1. The van der Waals surface area contributed by atoms with Crippen molar-refractivity contribution in [3.05, 3.63) is 58.9 Å². The van der Waals surface area contributed by atoms with Crippen LogP contribution in [0.15, 0.2) is 36.5 Å². The molecule has 0 spiro atoms. The highest BCUT2D eigenvalue weighted by Gasteiger charge is 2.34. The monoisotopic (exact) mass is 307 g/mol. The molecule has 23 heavy (non-hydrogen) atoms. The van der Waals surface area contributed by atoms with Crippen molar-refractivity contribution in [1.82, 2.24) is 9.88 Å². The maximum Gasteiger partial charge on any atom is 0.261 e. The first-order valence-electron chi connectivity index (χ1n) is 7.91. The fourth-order valence-electron chi connectivity index (χ4n) is 3.34. The topological polar surface area (TPSA) is 62.3 Å². The molecule has 0 saturated heterocycles. The number of aryl methyl sites for hydroxylation is 1. The van der Waals surface area contributed by atoms with Gasteiger partial charge < -0.3 is 5.32 Å². The summed E-state index contributed by atoms with van der Waals surface area (Å²) in [6, 6.07) is 9.03. The maximum absolute atomic E-state index is 12.3. The van der Waals surface area contributed by atoms with Crippen LogP contribution in [0.5, 0.6) is 0 Å². The number of carbonyl (C=O) groups is 2. The molecule has 3 heterocycles. The number of pyridine rings is 1. The smallest absolute Gasteiger partial charge is 0.261 e. The van der Waals surface area contributed by atoms with Gasteiger partial charge in [0.15, 0.2) is 0 Å². The fraction of sp³-hybridized carbons (Fsp3) is 0.278. The number of hydrogen-bond acceptors (Lipinski definition) is 4. The van der Waals surface area contributed by atoms with Crippen LogP contribution in [-0.2, 0) is 12.8 Å². The Morgan fingerprint density at radius 3 is 2.57 bits per heavy atom. The zero-order valence-electron chi connectivity index (χ0n) is 12.7. The Hall–Kier alpha value is -2.69. The first-order chi connectivity index (χ1) is 11.3. The van der Waals surface area contributed by atoms with Crippen molar-refractivity contribution >= 4 is 17.5 Å². The van der Waals surface area contributed by atoms with Crippen LogP contribution in [0.25, 0.3) is 0 Å². The molecule has 5 nitrogen and oxygen atoms in total. The number of hydrogen-bond donors (Lipinski definition) is 1. The summed E-state index contributed by atoms with van der Waals surface area (Å²) in [6.45, 7) is 1.38. The van der Waals surface area contributed by atoms with Gasteiger partial charge in [0.25, 0.3) is 11.8 Å². The van der Waals surface area contributed by atoms with Gasteiger partial charge in [-0.15, -0.1) is 0 Å². The van der Waals surface area contributed by atoms with Gasteiger partial charge in [-0.1, -0.05) is 12.1 Å². The minimum absolute atomic E-state index is 0.177. The van der Waals surface area contributed by atoms with Crippen LogP contribution in [-0.4, -0.2) is 34.8 Å². The predicted molar refractivity (Wildman–Crippen MR) is 86.6 cm³/mol. The second kappa shape index (κ2) is 5.50. The Bertz CT molecular complexity index is 766. The van der Waals surface area contributed by atoms with Crippen LogP contribution >= 0.6 is 0 Å². The summed E-state index contributed by atoms with van der Waals surface area (Å²) in [5.41, 5.74) is 4.50. The number of imide groups is 1. The van der Waals surface area contributed by atoms with E-state index in [1.807, 2.05) is 12.3 Å². The average Bonchev–Trinajstić information content (AvgIpc) is 3.15. The highest BCUT2D eigenvalue weighted by atomic mass is 16.2. The van der Waals surface area contributed by atoms with Crippen molar-refractivity contribution in [2.45, 2.75) is 19.3 Å². The largest absolute Gasteiger partial charge is 0.383 e.